The van der Waals surface area contributed by atoms with E-state index in [0.29, 0.717) is 6.54 Å². The second-order valence-corrected chi connectivity index (χ2v) is 5.44. The molecule has 2 unspecified atom stereocenters. The number of aliphatic carboxylic acids is 1. The highest BCUT2D eigenvalue weighted by molar-refractivity contribution is 5.96. The number of carboxylic acid groups (broad SMARTS) is 1. The third kappa shape index (κ3) is 3.35. The van der Waals surface area contributed by atoms with Crippen LogP contribution in [0.5, 0.6) is 0 Å². The van der Waals surface area contributed by atoms with Crippen molar-refractivity contribution in [2.24, 2.45) is 5.92 Å². The van der Waals surface area contributed by atoms with Crippen LogP contribution in [0.25, 0.3) is 0 Å². The van der Waals surface area contributed by atoms with Gasteiger partial charge in [-0.2, -0.15) is 0 Å². The van der Waals surface area contributed by atoms with Crippen LogP contribution in [0.3, 0.4) is 0 Å². The lowest BCUT2D eigenvalue weighted by Crippen LogP contribution is -2.56. The number of rotatable bonds is 4. The van der Waals surface area contributed by atoms with Crippen molar-refractivity contribution >= 4 is 17.6 Å². The first kappa shape index (κ1) is 15.4. The normalized spacial score (nSPS) is 20.2. The quantitative estimate of drug-likeness (QED) is 0.860. The summed E-state index contributed by atoms with van der Waals surface area (Å²) in [7, 11) is 0. The van der Waals surface area contributed by atoms with Crippen molar-refractivity contribution < 1.29 is 14.7 Å². The van der Waals surface area contributed by atoms with Crippen LogP contribution in [0, 0.1) is 5.92 Å². The number of para-hydroxylation sites is 1. The molecule has 0 aromatic heterocycles. The Bertz CT molecular complexity index is 504. The molecule has 1 saturated heterocycles. The highest BCUT2D eigenvalue weighted by atomic mass is 16.4. The fourth-order valence-electron chi connectivity index (χ4n) is 2.72. The number of amides is 1. The van der Waals surface area contributed by atoms with Gasteiger partial charge in [0.15, 0.2) is 0 Å². The van der Waals surface area contributed by atoms with Gasteiger partial charge in [0.25, 0.3) is 0 Å². The molecule has 1 N–H and O–H groups in total. The molecule has 2 rings (SSSR count). The van der Waals surface area contributed by atoms with E-state index < -0.39 is 11.9 Å². The van der Waals surface area contributed by atoms with E-state index in [0.717, 1.165) is 25.2 Å². The largest absolute Gasteiger partial charge is 0.481 e. The van der Waals surface area contributed by atoms with Crippen LogP contribution in [0.1, 0.15) is 20.3 Å². The number of nitrogens with zero attached hydrogens (tertiary/aromatic N) is 2. The van der Waals surface area contributed by atoms with Crippen LogP contribution in [0.2, 0.25) is 0 Å². The highest BCUT2D eigenvalue weighted by Gasteiger charge is 2.34. The van der Waals surface area contributed by atoms with E-state index in [-0.39, 0.29) is 11.9 Å². The van der Waals surface area contributed by atoms with Gasteiger partial charge in [0.1, 0.15) is 5.92 Å². The lowest BCUT2D eigenvalue weighted by atomic mass is 10.0. The van der Waals surface area contributed by atoms with Crippen LogP contribution in [0.15, 0.2) is 30.3 Å². The van der Waals surface area contributed by atoms with E-state index in [2.05, 4.69) is 17.0 Å². The lowest BCUT2D eigenvalue weighted by molar-refractivity contribution is -0.151. The lowest BCUT2D eigenvalue weighted by Gasteiger charge is -2.42. The maximum absolute atomic E-state index is 12.3. The molecule has 0 aliphatic carbocycles. The summed E-state index contributed by atoms with van der Waals surface area (Å²) in [5, 5.41) is 9.01. The zero-order chi connectivity index (χ0) is 15.4. The Labute approximate surface area is 125 Å². The Morgan fingerprint density at radius 2 is 1.95 bits per heavy atom. The molecule has 1 heterocycles. The molecule has 1 amide bonds. The van der Waals surface area contributed by atoms with Gasteiger partial charge in [-0.05, 0) is 25.5 Å². The molecule has 5 heteroatoms. The van der Waals surface area contributed by atoms with Gasteiger partial charge in [-0.25, -0.2) is 0 Å². The van der Waals surface area contributed by atoms with E-state index in [1.54, 1.807) is 4.90 Å². The number of carboxylic acids is 1. The Morgan fingerprint density at radius 3 is 2.52 bits per heavy atom. The second kappa shape index (κ2) is 6.61. The van der Waals surface area contributed by atoms with Gasteiger partial charge in [-0.3, -0.25) is 9.59 Å². The number of piperazine rings is 1. The minimum absolute atomic E-state index is 0.0632. The fourth-order valence-corrected chi connectivity index (χ4v) is 2.72. The van der Waals surface area contributed by atoms with Gasteiger partial charge in [0.05, 0.1) is 0 Å². The Hall–Kier alpha value is -2.04. The molecule has 1 aromatic carbocycles. The van der Waals surface area contributed by atoms with Gasteiger partial charge in [-0.15, -0.1) is 0 Å². The molecule has 1 fully saturated rings. The number of benzene rings is 1. The molecule has 0 spiro atoms. The Kier molecular flexibility index (Phi) is 4.83. The molecular weight excluding hydrogens is 268 g/mol. The summed E-state index contributed by atoms with van der Waals surface area (Å²) >= 11 is 0. The van der Waals surface area contributed by atoms with Crippen molar-refractivity contribution in [1.82, 2.24) is 4.90 Å². The van der Waals surface area contributed by atoms with E-state index in [4.69, 9.17) is 5.11 Å². The maximum atomic E-state index is 12.3. The van der Waals surface area contributed by atoms with Gasteiger partial charge >= 0.3 is 5.97 Å². The molecule has 0 bridgehead atoms. The first-order chi connectivity index (χ1) is 10.0. The third-order valence-corrected chi connectivity index (χ3v) is 4.10. The molecule has 1 aliphatic heterocycles. The predicted octanol–water partition coefficient (Wildman–Crippen LogP) is 1.83. The first-order valence-corrected chi connectivity index (χ1v) is 7.37. The molecule has 1 aromatic rings. The number of hydrogen-bond donors (Lipinski definition) is 1. The van der Waals surface area contributed by atoms with Crippen LogP contribution in [-0.4, -0.2) is 47.6 Å². The highest BCUT2D eigenvalue weighted by Crippen LogP contribution is 2.21. The first-order valence-electron chi connectivity index (χ1n) is 7.37. The topological polar surface area (TPSA) is 60.9 Å². The van der Waals surface area contributed by atoms with Gasteiger partial charge in [0.2, 0.25) is 5.91 Å². The zero-order valence-corrected chi connectivity index (χ0v) is 12.5. The number of anilines is 1. The fraction of sp³-hybridized carbons (Fsp3) is 0.500. The van der Waals surface area contributed by atoms with Crippen LogP contribution in [0.4, 0.5) is 5.69 Å². The number of carbonyl (C=O) groups excluding carboxylic acids is 1. The third-order valence-electron chi connectivity index (χ3n) is 4.10. The van der Waals surface area contributed by atoms with Crippen molar-refractivity contribution in [2.45, 2.75) is 26.3 Å². The molecule has 0 saturated carbocycles. The Balaban J connectivity index is 2.09. The average molecular weight is 290 g/mol. The molecular formula is C16H22N2O3. The number of hydrogen-bond acceptors (Lipinski definition) is 3. The Morgan fingerprint density at radius 1 is 1.29 bits per heavy atom. The average Bonchev–Trinajstić information content (AvgIpc) is 2.53. The van der Waals surface area contributed by atoms with Gasteiger partial charge in [0, 0.05) is 31.4 Å². The minimum atomic E-state index is -1.06. The molecule has 5 nitrogen and oxygen atoms in total. The van der Waals surface area contributed by atoms with Crippen molar-refractivity contribution in [3.8, 4) is 0 Å². The van der Waals surface area contributed by atoms with Crippen molar-refractivity contribution in [1.29, 1.82) is 0 Å². The van der Waals surface area contributed by atoms with E-state index in [1.165, 1.54) is 6.92 Å². The summed E-state index contributed by atoms with van der Waals surface area (Å²) in [5.74, 6) is -2.30. The molecule has 2 atom stereocenters. The standard InChI is InChI=1S/C16H22N2O3/c1-3-13-11-17(14-7-5-4-6-8-14)9-10-18(13)15(19)12(2)16(20)21/h4-8,12-13H,3,9-11H2,1-2H3,(H,20,21). The van der Waals surface area contributed by atoms with Gasteiger partial charge in [-0.1, -0.05) is 25.1 Å². The second-order valence-electron chi connectivity index (χ2n) is 5.44. The van der Waals surface area contributed by atoms with Crippen molar-refractivity contribution in [3.05, 3.63) is 30.3 Å². The van der Waals surface area contributed by atoms with Crippen molar-refractivity contribution in [3.63, 3.8) is 0 Å². The summed E-state index contributed by atoms with van der Waals surface area (Å²) in [4.78, 5) is 27.3. The monoisotopic (exact) mass is 290 g/mol. The summed E-state index contributed by atoms with van der Waals surface area (Å²) in [5.41, 5.74) is 1.15. The summed E-state index contributed by atoms with van der Waals surface area (Å²) < 4.78 is 0. The minimum Gasteiger partial charge on any atom is -0.481 e. The number of carbonyl (C=O) groups is 2. The van der Waals surface area contributed by atoms with Crippen LogP contribution in [-0.2, 0) is 9.59 Å². The summed E-state index contributed by atoms with van der Waals surface area (Å²) in [6, 6.07) is 10.2. The summed E-state index contributed by atoms with van der Waals surface area (Å²) in [6.45, 7) is 5.55. The molecule has 114 valence electrons. The molecule has 1 aliphatic rings. The van der Waals surface area contributed by atoms with Crippen molar-refractivity contribution in [2.75, 3.05) is 24.5 Å². The zero-order valence-electron chi connectivity index (χ0n) is 12.5. The van der Waals surface area contributed by atoms with E-state index >= 15 is 0 Å². The van der Waals surface area contributed by atoms with Crippen LogP contribution < -0.4 is 4.90 Å². The summed E-state index contributed by atoms with van der Waals surface area (Å²) in [6.07, 6.45) is 0.821. The smallest absolute Gasteiger partial charge is 0.315 e. The molecule has 21 heavy (non-hydrogen) atoms. The van der Waals surface area contributed by atoms with E-state index in [1.807, 2.05) is 25.1 Å². The van der Waals surface area contributed by atoms with Gasteiger partial charge < -0.3 is 14.9 Å². The maximum Gasteiger partial charge on any atom is 0.315 e. The SMILES string of the molecule is CCC1CN(c2ccccc2)CCN1C(=O)C(C)C(=O)O. The van der Waals surface area contributed by atoms with Crippen LogP contribution >= 0.6 is 0 Å². The van der Waals surface area contributed by atoms with E-state index in [9.17, 15) is 9.59 Å². The predicted molar refractivity (Wildman–Crippen MR) is 81.2 cm³/mol. The molecule has 0 radical (unpaired) electrons.